The Hall–Kier alpha value is -2.42. The molecule has 9 heteroatoms. The first-order valence-corrected chi connectivity index (χ1v) is 8.83. The molecule has 2 amide bonds. The van der Waals surface area contributed by atoms with E-state index in [0.29, 0.717) is 25.9 Å². The molecule has 3 unspecified atom stereocenters. The van der Waals surface area contributed by atoms with Gasteiger partial charge < -0.3 is 24.7 Å². The average molecular weight is 384 g/mol. The smallest absolute Gasteiger partial charge is 0.387 e. The highest BCUT2D eigenvalue weighted by molar-refractivity contribution is 5.77. The quantitative estimate of drug-likeness (QED) is 0.828. The van der Waals surface area contributed by atoms with Gasteiger partial charge in [-0.25, -0.2) is 4.79 Å². The lowest BCUT2D eigenvalue weighted by Gasteiger charge is -2.38. The maximum Gasteiger partial charge on any atom is 0.387 e. The highest BCUT2D eigenvalue weighted by Crippen LogP contribution is 2.32. The van der Waals surface area contributed by atoms with Gasteiger partial charge in [0.05, 0.1) is 12.0 Å². The molecule has 1 aromatic carbocycles. The van der Waals surface area contributed by atoms with E-state index in [-0.39, 0.29) is 30.8 Å². The Kier molecular flexibility index (Phi) is 5.79. The Balaban J connectivity index is 1.74. The van der Waals surface area contributed by atoms with Crippen LogP contribution in [0.2, 0.25) is 0 Å². The van der Waals surface area contributed by atoms with E-state index in [0.717, 1.165) is 5.56 Å². The van der Waals surface area contributed by atoms with Crippen LogP contribution in [0, 0.1) is 5.92 Å². The fraction of sp³-hybridized carbons (Fsp3) is 0.556. The fourth-order valence-corrected chi connectivity index (χ4v) is 3.71. The van der Waals surface area contributed by atoms with Gasteiger partial charge in [0.15, 0.2) is 0 Å². The second-order valence-electron chi connectivity index (χ2n) is 6.99. The van der Waals surface area contributed by atoms with Gasteiger partial charge >= 0.3 is 18.6 Å². The van der Waals surface area contributed by atoms with E-state index in [1.165, 1.54) is 21.9 Å². The van der Waals surface area contributed by atoms with Gasteiger partial charge in [-0.1, -0.05) is 12.1 Å². The summed E-state index contributed by atoms with van der Waals surface area (Å²) in [7, 11) is 0. The van der Waals surface area contributed by atoms with E-state index in [2.05, 4.69) is 4.74 Å². The molecule has 2 aliphatic heterocycles. The lowest BCUT2D eigenvalue weighted by molar-refractivity contribution is -0.143. The van der Waals surface area contributed by atoms with E-state index in [1.807, 2.05) is 0 Å². The number of hydrogen-bond acceptors (Lipinski definition) is 4. The summed E-state index contributed by atoms with van der Waals surface area (Å²) < 4.78 is 28.9. The molecule has 0 aliphatic carbocycles. The van der Waals surface area contributed by atoms with Gasteiger partial charge in [0.1, 0.15) is 5.75 Å². The number of aliphatic hydroxyl groups excluding tert-OH is 1. The number of carbonyl (C=O) groups excluding carboxylic acids is 1. The van der Waals surface area contributed by atoms with Crippen LogP contribution in [0.5, 0.6) is 5.75 Å². The largest absolute Gasteiger partial charge is 0.481 e. The summed E-state index contributed by atoms with van der Waals surface area (Å²) in [5.74, 6) is -1.89. The summed E-state index contributed by atoms with van der Waals surface area (Å²) in [6.45, 7) is -1.77. The van der Waals surface area contributed by atoms with Crippen molar-refractivity contribution in [3.63, 3.8) is 0 Å². The van der Waals surface area contributed by atoms with Gasteiger partial charge in [-0.3, -0.25) is 4.79 Å². The van der Waals surface area contributed by atoms with Crippen molar-refractivity contribution in [2.45, 2.75) is 31.5 Å². The molecule has 0 aromatic heterocycles. The Morgan fingerprint density at radius 1 is 1.11 bits per heavy atom. The molecule has 0 spiro atoms. The number of β-amino-alcohol motifs (C(OH)–C–C–N with tert-alkyl or cyclic N) is 1. The first kappa shape index (κ1) is 19.3. The van der Waals surface area contributed by atoms with Crippen LogP contribution >= 0.6 is 0 Å². The molecule has 2 fully saturated rings. The number of nitrogens with zero attached hydrogens (tertiary/aromatic N) is 2. The SMILES string of the molecule is O=C(O)C1CC(c2ccc(OC(F)F)cc2)CN(C(=O)N2CCC(O)C2)C1. The van der Waals surface area contributed by atoms with Gasteiger partial charge in [0.2, 0.25) is 0 Å². The maximum absolute atomic E-state index is 12.7. The molecule has 0 saturated carbocycles. The number of carboxylic acid groups (broad SMARTS) is 1. The predicted molar refractivity (Wildman–Crippen MR) is 90.7 cm³/mol. The number of halogens is 2. The zero-order valence-electron chi connectivity index (χ0n) is 14.6. The summed E-state index contributed by atoms with van der Waals surface area (Å²) in [5.41, 5.74) is 0.766. The minimum Gasteiger partial charge on any atom is -0.481 e. The molecule has 0 radical (unpaired) electrons. The van der Waals surface area contributed by atoms with Crippen LogP contribution in [0.1, 0.15) is 24.3 Å². The number of amides is 2. The maximum atomic E-state index is 12.7. The molecule has 3 rings (SSSR count). The van der Waals surface area contributed by atoms with Gasteiger partial charge in [0.25, 0.3) is 0 Å². The second kappa shape index (κ2) is 8.08. The van der Waals surface area contributed by atoms with Crippen LogP contribution in [0.3, 0.4) is 0 Å². The van der Waals surface area contributed by atoms with Crippen molar-refractivity contribution in [1.29, 1.82) is 0 Å². The van der Waals surface area contributed by atoms with Crippen molar-refractivity contribution in [1.82, 2.24) is 9.80 Å². The Morgan fingerprint density at radius 3 is 2.37 bits per heavy atom. The van der Waals surface area contributed by atoms with Crippen LogP contribution in [0.25, 0.3) is 0 Å². The predicted octanol–water partition coefficient (Wildman–Crippen LogP) is 1.96. The van der Waals surface area contributed by atoms with Crippen molar-refractivity contribution < 1.29 is 33.3 Å². The summed E-state index contributed by atoms with van der Waals surface area (Å²) in [4.78, 5) is 27.3. The molecular formula is C18H22F2N2O5. The number of aliphatic carboxylic acids is 1. The average Bonchev–Trinajstić information content (AvgIpc) is 3.07. The third kappa shape index (κ3) is 4.65. The molecular weight excluding hydrogens is 362 g/mol. The number of carbonyl (C=O) groups is 2. The highest BCUT2D eigenvalue weighted by atomic mass is 19.3. The number of piperidine rings is 1. The Morgan fingerprint density at radius 2 is 1.81 bits per heavy atom. The van der Waals surface area contributed by atoms with Crippen molar-refractivity contribution in [3.05, 3.63) is 29.8 Å². The number of alkyl halides is 2. The van der Waals surface area contributed by atoms with Crippen LogP contribution in [0.4, 0.5) is 13.6 Å². The van der Waals surface area contributed by atoms with Crippen LogP contribution in [-0.2, 0) is 4.79 Å². The van der Waals surface area contributed by atoms with Crippen LogP contribution in [0.15, 0.2) is 24.3 Å². The molecule has 1 aromatic rings. The van der Waals surface area contributed by atoms with Crippen molar-refractivity contribution >= 4 is 12.0 Å². The number of carboxylic acids is 1. The zero-order valence-corrected chi connectivity index (χ0v) is 14.6. The van der Waals surface area contributed by atoms with Crippen LogP contribution in [-0.4, -0.2) is 70.9 Å². The van der Waals surface area contributed by atoms with Crippen molar-refractivity contribution in [2.24, 2.45) is 5.92 Å². The lowest BCUT2D eigenvalue weighted by Crippen LogP contribution is -2.50. The van der Waals surface area contributed by atoms with Gasteiger partial charge in [-0.2, -0.15) is 8.78 Å². The summed E-state index contributed by atoms with van der Waals surface area (Å²) in [6.07, 6.45) is 0.320. The highest BCUT2D eigenvalue weighted by Gasteiger charge is 2.37. The summed E-state index contributed by atoms with van der Waals surface area (Å²) in [5, 5.41) is 19.1. The third-order valence-corrected chi connectivity index (χ3v) is 5.08. The van der Waals surface area contributed by atoms with Crippen molar-refractivity contribution in [3.8, 4) is 5.75 Å². The van der Waals surface area contributed by atoms with Gasteiger partial charge in [0, 0.05) is 32.1 Å². The van der Waals surface area contributed by atoms with E-state index >= 15 is 0 Å². The molecule has 0 bridgehead atoms. The number of urea groups is 1. The first-order valence-electron chi connectivity index (χ1n) is 8.83. The third-order valence-electron chi connectivity index (χ3n) is 5.08. The summed E-state index contributed by atoms with van der Waals surface area (Å²) >= 11 is 0. The molecule has 148 valence electrons. The molecule has 2 saturated heterocycles. The van der Waals surface area contributed by atoms with Gasteiger partial charge in [-0.05, 0) is 30.5 Å². The Labute approximate surface area is 155 Å². The zero-order chi connectivity index (χ0) is 19.6. The number of benzene rings is 1. The number of aliphatic hydroxyl groups is 1. The molecule has 7 nitrogen and oxygen atoms in total. The van der Waals surface area contributed by atoms with E-state index in [1.54, 1.807) is 12.1 Å². The van der Waals surface area contributed by atoms with E-state index in [4.69, 9.17) is 0 Å². The second-order valence-corrected chi connectivity index (χ2v) is 6.99. The molecule has 2 N–H and O–H groups in total. The minimum atomic E-state index is -2.91. The first-order chi connectivity index (χ1) is 12.8. The number of rotatable bonds is 4. The Bertz CT molecular complexity index is 685. The fourth-order valence-electron chi connectivity index (χ4n) is 3.71. The molecule has 2 aliphatic rings. The molecule has 3 atom stereocenters. The topological polar surface area (TPSA) is 90.3 Å². The molecule has 2 heterocycles. The van der Waals surface area contributed by atoms with E-state index in [9.17, 15) is 28.6 Å². The lowest BCUT2D eigenvalue weighted by atomic mass is 9.84. The number of ether oxygens (including phenoxy) is 1. The number of likely N-dealkylation sites (tertiary alicyclic amines) is 2. The van der Waals surface area contributed by atoms with Crippen LogP contribution < -0.4 is 4.74 Å². The van der Waals surface area contributed by atoms with E-state index < -0.39 is 24.6 Å². The number of hydrogen-bond donors (Lipinski definition) is 2. The normalized spacial score (nSPS) is 25.7. The standard InChI is InChI=1S/C18H22F2N2O5/c19-17(20)27-15-3-1-11(2-4-15)12-7-13(16(24)25)9-22(8-12)18(26)21-6-5-14(23)10-21/h1-4,12-14,17,23H,5-10H2,(H,24,25). The monoisotopic (exact) mass is 384 g/mol. The van der Waals surface area contributed by atoms with Gasteiger partial charge in [-0.15, -0.1) is 0 Å². The molecule has 27 heavy (non-hydrogen) atoms. The summed E-state index contributed by atoms with van der Waals surface area (Å²) in [6, 6.07) is 5.79. The van der Waals surface area contributed by atoms with Crippen molar-refractivity contribution in [2.75, 3.05) is 26.2 Å². The minimum absolute atomic E-state index is 0.0262.